The van der Waals surface area contributed by atoms with Crippen molar-refractivity contribution in [3.63, 3.8) is 0 Å². The third kappa shape index (κ3) is 3.03. The lowest BCUT2D eigenvalue weighted by atomic mass is 9.92. The Labute approximate surface area is 96.3 Å². The number of nitrogens with one attached hydrogen (secondary N) is 1. The van der Waals surface area contributed by atoms with E-state index in [-0.39, 0.29) is 11.9 Å². The summed E-state index contributed by atoms with van der Waals surface area (Å²) in [5, 5.41) is 2.94. The van der Waals surface area contributed by atoms with Crippen LogP contribution in [0.5, 0.6) is 0 Å². The predicted molar refractivity (Wildman–Crippen MR) is 63.6 cm³/mol. The van der Waals surface area contributed by atoms with Crippen molar-refractivity contribution >= 4 is 5.91 Å². The molecule has 88 valence electrons. The van der Waals surface area contributed by atoms with Crippen molar-refractivity contribution in [3.8, 4) is 0 Å². The van der Waals surface area contributed by atoms with Crippen LogP contribution in [-0.4, -0.2) is 17.4 Å². The Kier molecular flexibility index (Phi) is 4.01. The summed E-state index contributed by atoms with van der Waals surface area (Å²) >= 11 is 0. The van der Waals surface area contributed by atoms with E-state index in [1.165, 1.54) is 0 Å². The van der Waals surface area contributed by atoms with Gasteiger partial charge in [-0.25, -0.2) is 0 Å². The molecule has 1 aromatic heterocycles. The SMILES string of the molecule is C[C@@H](NC(=O)C(C)(C)CN)c1ccncc1. The standard InChI is InChI=1S/C12H19N3O/c1-9(10-4-6-14-7-5-10)15-11(16)12(2,3)8-13/h4-7,9H,8,13H2,1-3H3,(H,15,16)/t9-/m1/s1. The van der Waals surface area contributed by atoms with E-state index in [0.717, 1.165) is 5.56 Å². The zero-order valence-electron chi connectivity index (χ0n) is 10.0. The monoisotopic (exact) mass is 221 g/mol. The minimum Gasteiger partial charge on any atom is -0.349 e. The first-order chi connectivity index (χ1) is 7.47. The topological polar surface area (TPSA) is 68.0 Å². The Morgan fingerprint density at radius 3 is 2.56 bits per heavy atom. The average molecular weight is 221 g/mol. The molecule has 4 nitrogen and oxygen atoms in total. The van der Waals surface area contributed by atoms with E-state index >= 15 is 0 Å². The summed E-state index contributed by atoms with van der Waals surface area (Å²) in [7, 11) is 0. The van der Waals surface area contributed by atoms with Crippen molar-refractivity contribution < 1.29 is 4.79 Å². The second kappa shape index (κ2) is 5.07. The first-order valence-electron chi connectivity index (χ1n) is 5.38. The molecule has 0 aliphatic heterocycles. The Morgan fingerprint density at radius 1 is 1.50 bits per heavy atom. The molecule has 0 radical (unpaired) electrons. The molecule has 0 fully saturated rings. The van der Waals surface area contributed by atoms with E-state index in [4.69, 9.17) is 5.73 Å². The molecule has 4 heteroatoms. The van der Waals surface area contributed by atoms with Crippen LogP contribution in [0.4, 0.5) is 0 Å². The molecular weight excluding hydrogens is 202 g/mol. The Morgan fingerprint density at radius 2 is 2.06 bits per heavy atom. The van der Waals surface area contributed by atoms with E-state index in [1.807, 2.05) is 32.9 Å². The van der Waals surface area contributed by atoms with Gasteiger partial charge in [0.2, 0.25) is 5.91 Å². The Bertz CT molecular complexity index is 349. The van der Waals surface area contributed by atoms with Crippen LogP contribution in [0.15, 0.2) is 24.5 Å². The van der Waals surface area contributed by atoms with Crippen molar-refractivity contribution in [1.82, 2.24) is 10.3 Å². The third-order valence-electron chi connectivity index (χ3n) is 2.68. The van der Waals surface area contributed by atoms with Crippen LogP contribution in [0.3, 0.4) is 0 Å². The maximum atomic E-state index is 11.9. The van der Waals surface area contributed by atoms with E-state index in [0.29, 0.717) is 6.54 Å². The summed E-state index contributed by atoms with van der Waals surface area (Å²) in [5.74, 6) is -0.0284. The van der Waals surface area contributed by atoms with Crippen molar-refractivity contribution in [2.24, 2.45) is 11.1 Å². The lowest BCUT2D eigenvalue weighted by molar-refractivity contribution is -0.129. The number of nitrogens with zero attached hydrogens (tertiary/aromatic N) is 1. The van der Waals surface area contributed by atoms with Crippen molar-refractivity contribution in [1.29, 1.82) is 0 Å². The summed E-state index contributed by atoms with van der Waals surface area (Å²) < 4.78 is 0. The minimum atomic E-state index is -0.526. The molecule has 0 bridgehead atoms. The lowest BCUT2D eigenvalue weighted by Gasteiger charge is -2.24. The second-order valence-corrected chi connectivity index (χ2v) is 4.56. The van der Waals surface area contributed by atoms with Crippen molar-refractivity contribution in [3.05, 3.63) is 30.1 Å². The van der Waals surface area contributed by atoms with Gasteiger partial charge in [-0.1, -0.05) is 0 Å². The highest BCUT2D eigenvalue weighted by Gasteiger charge is 2.26. The van der Waals surface area contributed by atoms with Gasteiger partial charge in [0.15, 0.2) is 0 Å². The molecule has 1 aromatic rings. The number of amides is 1. The minimum absolute atomic E-state index is 0.0266. The van der Waals surface area contributed by atoms with Gasteiger partial charge in [0.1, 0.15) is 0 Å². The fourth-order valence-corrected chi connectivity index (χ4v) is 1.22. The number of hydrogen-bond donors (Lipinski definition) is 2. The number of aromatic nitrogens is 1. The van der Waals surface area contributed by atoms with Gasteiger partial charge in [-0.3, -0.25) is 9.78 Å². The molecule has 3 N–H and O–H groups in total. The quantitative estimate of drug-likeness (QED) is 0.804. The molecule has 0 aliphatic carbocycles. The molecule has 0 saturated heterocycles. The Hall–Kier alpha value is -1.42. The number of hydrogen-bond acceptors (Lipinski definition) is 3. The van der Waals surface area contributed by atoms with E-state index < -0.39 is 5.41 Å². The molecule has 0 aliphatic rings. The van der Waals surface area contributed by atoms with Crippen LogP contribution in [0.2, 0.25) is 0 Å². The van der Waals surface area contributed by atoms with Crippen LogP contribution in [0, 0.1) is 5.41 Å². The molecule has 0 spiro atoms. The van der Waals surface area contributed by atoms with Crippen LogP contribution in [0.25, 0.3) is 0 Å². The van der Waals surface area contributed by atoms with Gasteiger partial charge in [0.05, 0.1) is 11.5 Å². The fourth-order valence-electron chi connectivity index (χ4n) is 1.22. The largest absolute Gasteiger partial charge is 0.349 e. The van der Waals surface area contributed by atoms with Crippen LogP contribution in [-0.2, 0) is 4.79 Å². The summed E-state index contributed by atoms with van der Waals surface area (Å²) in [4.78, 5) is 15.8. The lowest BCUT2D eigenvalue weighted by Crippen LogP contribution is -2.42. The normalized spacial score (nSPS) is 13.2. The zero-order valence-corrected chi connectivity index (χ0v) is 10.0. The highest BCUT2D eigenvalue weighted by Crippen LogP contribution is 2.16. The average Bonchev–Trinajstić information content (AvgIpc) is 2.30. The van der Waals surface area contributed by atoms with Crippen molar-refractivity contribution in [2.45, 2.75) is 26.8 Å². The number of carbonyl (C=O) groups is 1. The maximum Gasteiger partial charge on any atom is 0.227 e. The predicted octanol–water partition coefficient (Wildman–Crippen LogP) is 1.24. The molecule has 1 atom stereocenters. The molecule has 1 heterocycles. The smallest absolute Gasteiger partial charge is 0.227 e. The zero-order chi connectivity index (χ0) is 12.2. The second-order valence-electron chi connectivity index (χ2n) is 4.56. The summed E-state index contributed by atoms with van der Waals surface area (Å²) in [5.41, 5.74) is 6.06. The highest BCUT2D eigenvalue weighted by atomic mass is 16.2. The van der Waals surface area contributed by atoms with Crippen LogP contribution >= 0.6 is 0 Å². The molecule has 0 aromatic carbocycles. The number of nitrogens with two attached hydrogens (primary N) is 1. The number of pyridine rings is 1. The van der Waals surface area contributed by atoms with Crippen LogP contribution in [0.1, 0.15) is 32.4 Å². The number of rotatable bonds is 4. The molecule has 1 amide bonds. The van der Waals surface area contributed by atoms with E-state index in [9.17, 15) is 4.79 Å². The number of carbonyl (C=O) groups excluding carboxylic acids is 1. The van der Waals surface area contributed by atoms with Gasteiger partial charge in [0.25, 0.3) is 0 Å². The first kappa shape index (κ1) is 12.6. The summed E-state index contributed by atoms with van der Waals surface area (Å²) in [6, 6.07) is 3.75. The molecule has 1 rings (SSSR count). The van der Waals surface area contributed by atoms with E-state index in [2.05, 4.69) is 10.3 Å². The highest BCUT2D eigenvalue weighted by molar-refractivity contribution is 5.82. The Balaban J connectivity index is 2.66. The first-order valence-corrected chi connectivity index (χ1v) is 5.38. The molecular formula is C12H19N3O. The van der Waals surface area contributed by atoms with E-state index in [1.54, 1.807) is 12.4 Å². The maximum absolute atomic E-state index is 11.9. The van der Waals surface area contributed by atoms with Gasteiger partial charge >= 0.3 is 0 Å². The third-order valence-corrected chi connectivity index (χ3v) is 2.68. The van der Waals surface area contributed by atoms with Gasteiger partial charge < -0.3 is 11.1 Å². The van der Waals surface area contributed by atoms with Crippen LogP contribution < -0.4 is 11.1 Å². The summed E-state index contributed by atoms with van der Waals surface area (Å²) in [6.45, 7) is 5.95. The fraction of sp³-hybridized carbons (Fsp3) is 0.500. The van der Waals surface area contributed by atoms with Gasteiger partial charge in [-0.2, -0.15) is 0 Å². The van der Waals surface area contributed by atoms with Gasteiger partial charge in [-0.05, 0) is 38.5 Å². The van der Waals surface area contributed by atoms with Gasteiger partial charge in [-0.15, -0.1) is 0 Å². The molecule has 0 saturated carbocycles. The van der Waals surface area contributed by atoms with Crippen molar-refractivity contribution in [2.75, 3.05) is 6.54 Å². The molecule has 0 unspecified atom stereocenters. The molecule has 16 heavy (non-hydrogen) atoms. The van der Waals surface area contributed by atoms with Gasteiger partial charge in [0, 0.05) is 18.9 Å². The summed E-state index contributed by atoms with van der Waals surface area (Å²) in [6.07, 6.45) is 3.43.